The maximum absolute atomic E-state index is 11.9. The van der Waals surface area contributed by atoms with E-state index in [1.165, 1.54) is 0 Å². The molecule has 0 amide bonds. The van der Waals surface area contributed by atoms with Gasteiger partial charge in [0.25, 0.3) is 0 Å². The van der Waals surface area contributed by atoms with E-state index in [0.717, 1.165) is 10.0 Å². The third-order valence-electron chi connectivity index (χ3n) is 2.20. The van der Waals surface area contributed by atoms with Crippen molar-refractivity contribution in [3.05, 3.63) is 57.4 Å². The van der Waals surface area contributed by atoms with Gasteiger partial charge < -0.3 is 4.42 Å². The minimum absolute atomic E-state index is 0.0206. The first-order valence-electron chi connectivity index (χ1n) is 4.67. The highest BCUT2D eigenvalue weighted by atomic mass is 79.9. The molecule has 1 aromatic heterocycles. The molecule has 0 radical (unpaired) electrons. The fourth-order valence-electron chi connectivity index (χ4n) is 1.39. The fraction of sp³-hybridized carbons (Fsp3) is 0.0833. The van der Waals surface area contributed by atoms with Gasteiger partial charge in [-0.3, -0.25) is 4.79 Å². The van der Waals surface area contributed by atoms with Gasteiger partial charge in [-0.15, -0.1) is 0 Å². The van der Waals surface area contributed by atoms with Crippen LogP contribution in [0.3, 0.4) is 0 Å². The highest BCUT2D eigenvalue weighted by Crippen LogP contribution is 2.26. The Balaban J connectivity index is 2.24. The summed E-state index contributed by atoms with van der Waals surface area (Å²) in [5.41, 5.74) is 1.37. The zero-order valence-corrected chi connectivity index (χ0v) is 10.6. The minimum atomic E-state index is -0.0206. The first-order valence-corrected chi connectivity index (χ1v) is 5.84. The summed E-state index contributed by atoms with van der Waals surface area (Å²) in [4.78, 5) is 11.9. The molecular formula is C12H8BrClO2. The van der Waals surface area contributed by atoms with Crippen molar-refractivity contribution in [2.45, 2.75) is 6.42 Å². The van der Waals surface area contributed by atoms with E-state index in [1.807, 2.05) is 0 Å². The second-order valence-electron chi connectivity index (χ2n) is 3.33. The van der Waals surface area contributed by atoms with Gasteiger partial charge in [-0.25, -0.2) is 0 Å². The Morgan fingerprint density at radius 1 is 1.38 bits per heavy atom. The molecule has 0 atom stereocenters. The lowest BCUT2D eigenvalue weighted by molar-refractivity contribution is 0.0993. The number of benzene rings is 1. The normalized spacial score (nSPS) is 10.4. The zero-order chi connectivity index (χ0) is 11.5. The average molecular weight is 300 g/mol. The molecule has 1 aromatic carbocycles. The number of carbonyl (C=O) groups excluding carboxylic acids is 1. The molecule has 0 aliphatic rings. The fourth-order valence-corrected chi connectivity index (χ4v) is 1.99. The van der Waals surface area contributed by atoms with Crippen LogP contribution in [0.5, 0.6) is 0 Å². The Hall–Kier alpha value is -1.06. The Labute approximate surface area is 106 Å². The number of hydrogen-bond donors (Lipinski definition) is 0. The molecule has 0 spiro atoms. The van der Waals surface area contributed by atoms with Gasteiger partial charge in [0.1, 0.15) is 0 Å². The topological polar surface area (TPSA) is 30.2 Å². The number of Topliss-reactive ketones (excluding diaryl/α,β-unsaturated/α-hetero) is 1. The van der Waals surface area contributed by atoms with E-state index in [0.29, 0.717) is 17.0 Å². The maximum Gasteiger partial charge on any atom is 0.168 e. The Morgan fingerprint density at radius 2 is 2.19 bits per heavy atom. The summed E-state index contributed by atoms with van der Waals surface area (Å²) in [6.07, 6.45) is 3.40. The molecule has 2 rings (SSSR count). The quantitative estimate of drug-likeness (QED) is 0.798. The summed E-state index contributed by atoms with van der Waals surface area (Å²) in [5.74, 6) is -0.0206. The predicted molar refractivity (Wildman–Crippen MR) is 65.9 cm³/mol. The van der Waals surface area contributed by atoms with Gasteiger partial charge in [0, 0.05) is 16.5 Å². The van der Waals surface area contributed by atoms with Crippen LogP contribution in [0.1, 0.15) is 15.9 Å². The number of rotatable bonds is 3. The van der Waals surface area contributed by atoms with Crippen molar-refractivity contribution in [3.63, 3.8) is 0 Å². The van der Waals surface area contributed by atoms with Crippen LogP contribution in [-0.4, -0.2) is 5.78 Å². The molecule has 2 aromatic rings. The SMILES string of the molecule is O=C(Cc1ccoc1)c1cccc(Br)c1Cl. The second kappa shape index (κ2) is 4.85. The van der Waals surface area contributed by atoms with Crippen LogP contribution in [0.25, 0.3) is 0 Å². The van der Waals surface area contributed by atoms with Gasteiger partial charge in [-0.1, -0.05) is 17.7 Å². The number of halogens is 2. The van der Waals surface area contributed by atoms with Gasteiger partial charge in [0.2, 0.25) is 0 Å². The van der Waals surface area contributed by atoms with E-state index in [1.54, 1.807) is 36.8 Å². The number of ketones is 1. The van der Waals surface area contributed by atoms with Crippen molar-refractivity contribution in [1.82, 2.24) is 0 Å². The largest absolute Gasteiger partial charge is 0.472 e. The van der Waals surface area contributed by atoms with E-state index in [-0.39, 0.29) is 5.78 Å². The molecule has 0 unspecified atom stereocenters. The number of hydrogen-bond acceptors (Lipinski definition) is 2. The third-order valence-corrected chi connectivity index (χ3v) is 3.49. The molecule has 4 heteroatoms. The van der Waals surface area contributed by atoms with Crippen molar-refractivity contribution in [1.29, 1.82) is 0 Å². The van der Waals surface area contributed by atoms with Crippen LogP contribution >= 0.6 is 27.5 Å². The highest BCUT2D eigenvalue weighted by molar-refractivity contribution is 9.10. The number of furan rings is 1. The summed E-state index contributed by atoms with van der Waals surface area (Å²) in [6.45, 7) is 0. The third kappa shape index (κ3) is 2.36. The second-order valence-corrected chi connectivity index (χ2v) is 4.57. The van der Waals surface area contributed by atoms with Gasteiger partial charge in [0.05, 0.1) is 17.5 Å². The zero-order valence-electron chi connectivity index (χ0n) is 8.24. The van der Waals surface area contributed by atoms with E-state index in [9.17, 15) is 4.79 Å². The average Bonchev–Trinajstić information content (AvgIpc) is 2.74. The molecule has 0 fully saturated rings. The van der Waals surface area contributed by atoms with Gasteiger partial charge >= 0.3 is 0 Å². The summed E-state index contributed by atoms with van der Waals surface area (Å²) >= 11 is 9.33. The standard InChI is InChI=1S/C12H8BrClO2/c13-10-3-1-2-9(12(10)14)11(15)6-8-4-5-16-7-8/h1-5,7H,6H2. The van der Waals surface area contributed by atoms with Crippen LogP contribution < -0.4 is 0 Å². The summed E-state index contributed by atoms with van der Waals surface area (Å²) in [7, 11) is 0. The van der Waals surface area contributed by atoms with Crippen molar-refractivity contribution < 1.29 is 9.21 Å². The summed E-state index contributed by atoms with van der Waals surface area (Å²) in [5, 5.41) is 0.455. The smallest absolute Gasteiger partial charge is 0.168 e. The van der Waals surface area contributed by atoms with Gasteiger partial charge in [-0.2, -0.15) is 0 Å². The van der Waals surface area contributed by atoms with Crippen molar-refractivity contribution in [2.75, 3.05) is 0 Å². The lowest BCUT2D eigenvalue weighted by atomic mass is 10.1. The van der Waals surface area contributed by atoms with Crippen molar-refractivity contribution in [3.8, 4) is 0 Å². The molecule has 0 bridgehead atoms. The summed E-state index contributed by atoms with van der Waals surface area (Å²) < 4.78 is 5.64. The lowest BCUT2D eigenvalue weighted by Gasteiger charge is -2.03. The van der Waals surface area contributed by atoms with Crippen molar-refractivity contribution >= 4 is 33.3 Å². The Kier molecular flexibility index (Phi) is 3.46. The molecule has 1 heterocycles. The Morgan fingerprint density at radius 3 is 2.88 bits per heavy atom. The van der Waals surface area contributed by atoms with Crippen LogP contribution in [0, 0.1) is 0 Å². The van der Waals surface area contributed by atoms with E-state index in [2.05, 4.69) is 15.9 Å². The molecule has 0 saturated heterocycles. The van der Waals surface area contributed by atoms with Crippen LogP contribution in [0.2, 0.25) is 5.02 Å². The lowest BCUT2D eigenvalue weighted by Crippen LogP contribution is -2.03. The van der Waals surface area contributed by atoms with Crippen LogP contribution in [-0.2, 0) is 6.42 Å². The summed E-state index contributed by atoms with van der Waals surface area (Å²) in [6, 6.07) is 7.08. The monoisotopic (exact) mass is 298 g/mol. The molecule has 82 valence electrons. The molecule has 0 aliphatic carbocycles. The molecule has 16 heavy (non-hydrogen) atoms. The van der Waals surface area contributed by atoms with E-state index >= 15 is 0 Å². The van der Waals surface area contributed by atoms with Gasteiger partial charge in [0.15, 0.2) is 5.78 Å². The molecule has 0 saturated carbocycles. The Bertz CT molecular complexity index is 506. The van der Waals surface area contributed by atoms with E-state index < -0.39 is 0 Å². The first kappa shape index (κ1) is 11.4. The van der Waals surface area contributed by atoms with E-state index in [4.69, 9.17) is 16.0 Å². The van der Waals surface area contributed by atoms with Crippen molar-refractivity contribution in [2.24, 2.45) is 0 Å². The van der Waals surface area contributed by atoms with Gasteiger partial charge in [-0.05, 0) is 39.7 Å². The highest BCUT2D eigenvalue weighted by Gasteiger charge is 2.13. The molecular weight excluding hydrogens is 291 g/mol. The predicted octanol–water partition coefficient (Wildman–Crippen LogP) is 4.12. The minimum Gasteiger partial charge on any atom is -0.472 e. The molecule has 0 N–H and O–H groups in total. The first-order chi connectivity index (χ1) is 7.68. The molecule has 2 nitrogen and oxygen atoms in total. The maximum atomic E-state index is 11.9. The molecule has 0 aliphatic heterocycles. The number of carbonyl (C=O) groups is 1. The van der Waals surface area contributed by atoms with Crippen LogP contribution in [0.15, 0.2) is 45.7 Å². The van der Waals surface area contributed by atoms with Crippen LogP contribution in [0.4, 0.5) is 0 Å².